The molecule has 0 aromatic heterocycles. The van der Waals surface area contributed by atoms with Crippen LogP contribution in [0.5, 0.6) is 0 Å². The van der Waals surface area contributed by atoms with Gasteiger partial charge < -0.3 is 10.4 Å². The van der Waals surface area contributed by atoms with Crippen molar-refractivity contribution in [2.24, 2.45) is 0 Å². The molecular formula is C13H18BrNO2S. The van der Waals surface area contributed by atoms with Gasteiger partial charge in [-0.1, -0.05) is 6.07 Å². The molecule has 0 radical (unpaired) electrons. The summed E-state index contributed by atoms with van der Waals surface area (Å²) in [6.45, 7) is 5.61. The Balaban J connectivity index is 2.60. The lowest BCUT2D eigenvalue weighted by Crippen LogP contribution is -2.31. The highest BCUT2D eigenvalue weighted by molar-refractivity contribution is 9.10. The van der Waals surface area contributed by atoms with Gasteiger partial charge in [0.25, 0.3) is 0 Å². The highest BCUT2D eigenvalue weighted by Gasteiger charge is 2.08. The van der Waals surface area contributed by atoms with E-state index in [-0.39, 0.29) is 11.9 Å². The van der Waals surface area contributed by atoms with E-state index >= 15 is 0 Å². The maximum atomic E-state index is 11.5. The van der Waals surface area contributed by atoms with Crippen LogP contribution in [0.1, 0.15) is 32.4 Å². The molecule has 18 heavy (non-hydrogen) atoms. The minimum absolute atomic E-state index is 0.0292. The highest BCUT2D eigenvalue weighted by Crippen LogP contribution is 2.30. The number of hydrogen-bond donors (Lipinski definition) is 2. The van der Waals surface area contributed by atoms with Crippen molar-refractivity contribution >= 4 is 33.6 Å². The van der Waals surface area contributed by atoms with Gasteiger partial charge in [0.2, 0.25) is 5.91 Å². The normalized spacial score (nSPS) is 12.6. The molecule has 3 nitrogen and oxygen atoms in total. The monoisotopic (exact) mass is 331 g/mol. The maximum absolute atomic E-state index is 11.5. The lowest BCUT2D eigenvalue weighted by Gasteiger charge is -2.10. The van der Waals surface area contributed by atoms with Gasteiger partial charge in [0.1, 0.15) is 0 Å². The Hall–Kier alpha value is -0.520. The Morgan fingerprint density at radius 3 is 2.61 bits per heavy atom. The molecule has 0 saturated carbocycles. The van der Waals surface area contributed by atoms with E-state index in [1.807, 2.05) is 32.0 Å². The minimum atomic E-state index is -0.482. The summed E-state index contributed by atoms with van der Waals surface area (Å²) in [6, 6.07) is 5.84. The summed E-state index contributed by atoms with van der Waals surface area (Å²) in [6.07, 6.45) is -0.482. The second-order valence-corrected chi connectivity index (χ2v) is 6.25. The molecule has 0 fully saturated rings. The van der Waals surface area contributed by atoms with E-state index in [0.29, 0.717) is 5.75 Å². The first-order chi connectivity index (χ1) is 8.40. The van der Waals surface area contributed by atoms with Crippen LogP contribution in [-0.2, 0) is 4.79 Å². The number of nitrogens with one attached hydrogen (secondary N) is 1. The number of carbonyl (C=O) groups excluding carboxylic acids is 1. The first-order valence-corrected chi connectivity index (χ1v) is 7.57. The number of benzene rings is 1. The Morgan fingerprint density at radius 2 is 2.11 bits per heavy atom. The molecule has 0 aliphatic heterocycles. The molecule has 2 N–H and O–H groups in total. The second-order valence-electron chi connectivity index (χ2n) is 4.38. The smallest absolute Gasteiger partial charge is 0.230 e. The quantitative estimate of drug-likeness (QED) is 0.815. The van der Waals surface area contributed by atoms with Crippen LogP contribution < -0.4 is 5.32 Å². The predicted octanol–water partition coefficient (Wildman–Crippen LogP) is 3.12. The van der Waals surface area contributed by atoms with Gasteiger partial charge in [-0.05, 0) is 54.4 Å². The predicted molar refractivity (Wildman–Crippen MR) is 78.8 cm³/mol. The van der Waals surface area contributed by atoms with Crippen LogP contribution in [0.4, 0.5) is 0 Å². The van der Waals surface area contributed by atoms with Crippen molar-refractivity contribution in [3.05, 3.63) is 28.2 Å². The standard InChI is InChI=1S/C13H18BrNO2S/c1-8(2)15-13(17)7-18-12-5-4-10(9(3)16)6-11(12)14/h4-6,8-9,16H,7H2,1-3H3,(H,15,17)/t9-/m1/s1. The van der Waals surface area contributed by atoms with Crippen molar-refractivity contribution in [2.45, 2.75) is 37.8 Å². The number of amides is 1. The fourth-order valence-electron chi connectivity index (χ4n) is 1.40. The van der Waals surface area contributed by atoms with Gasteiger partial charge in [0.15, 0.2) is 0 Å². The molecular weight excluding hydrogens is 314 g/mol. The molecule has 1 amide bonds. The molecule has 0 bridgehead atoms. The average molecular weight is 332 g/mol. The third kappa shape index (κ3) is 5.00. The van der Waals surface area contributed by atoms with Gasteiger partial charge in [-0.15, -0.1) is 11.8 Å². The molecule has 1 aromatic rings. The van der Waals surface area contributed by atoms with E-state index < -0.39 is 6.10 Å². The summed E-state index contributed by atoms with van der Waals surface area (Å²) >= 11 is 4.93. The second kappa shape index (κ2) is 7.16. The number of rotatable bonds is 5. The molecule has 0 spiro atoms. The third-order valence-electron chi connectivity index (χ3n) is 2.25. The van der Waals surface area contributed by atoms with Crippen LogP contribution >= 0.6 is 27.7 Å². The van der Waals surface area contributed by atoms with Crippen molar-refractivity contribution in [3.8, 4) is 0 Å². The van der Waals surface area contributed by atoms with Gasteiger partial charge in [-0.25, -0.2) is 0 Å². The fraction of sp³-hybridized carbons (Fsp3) is 0.462. The molecule has 0 unspecified atom stereocenters. The van der Waals surface area contributed by atoms with Gasteiger partial charge >= 0.3 is 0 Å². The number of thioether (sulfide) groups is 1. The highest BCUT2D eigenvalue weighted by atomic mass is 79.9. The molecule has 5 heteroatoms. The molecule has 1 rings (SSSR count). The first kappa shape index (κ1) is 15.5. The number of hydrogen-bond acceptors (Lipinski definition) is 3. The van der Waals surface area contributed by atoms with Crippen molar-refractivity contribution in [3.63, 3.8) is 0 Å². The topological polar surface area (TPSA) is 49.3 Å². The van der Waals surface area contributed by atoms with E-state index in [9.17, 15) is 9.90 Å². The van der Waals surface area contributed by atoms with Gasteiger partial charge in [0, 0.05) is 15.4 Å². The summed E-state index contributed by atoms with van der Waals surface area (Å²) in [4.78, 5) is 12.5. The molecule has 0 heterocycles. The summed E-state index contributed by atoms with van der Waals surface area (Å²) in [5.41, 5.74) is 0.859. The van der Waals surface area contributed by atoms with Crippen LogP contribution in [0.25, 0.3) is 0 Å². The Labute approximate surface area is 120 Å². The Bertz CT molecular complexity index is 421. The Kier molecular flexibility index (Phi) is 6.18. The number of halogens is 1. The number of aliphatic hydroxyl groups excluding tert-OH is 1. The zero-order chi connectivity index (χ0) is 13.7. The number of carbonyl (C=O) groups is 1. The van der Waals surface area contributed by atoms with E-state index in [4.69, 9.17) is 0 Å². The van der Waals surface area contributed by atoms with Crippen LogP contribution in [-0.4, -0.2) is 22.8 Å². The van der Waals surface area contributed by atoms with Crippen molar-refractivity contribution < 1.29 is 9.90 Å². The van der Waals surface area contributed by atoms with E-state index in [1.165, 1.54) is 11.8 Å². The van der Waals surface area contributed by atoms with Crippen LogP contribution in [0, 0.1) is 0 Å². The third-order valence-corrected chi connectivity index (χ3v) is 4.24. The lowest BCUT2D eigenvalue weighted by atomic mass is 10.1. The number of aliphatic hydroxyl groups is 1. The van der Waals surface area contributed by atoms with Crippen LogP contribution in [0.3, 0.4) is 0 Å². The molecule has 100 valence electrons. The molecule has 0 aliphatic rings. The summed E-state index contributed by atoms with van der Waals surface area (Å²) in [5, 5.41) is 12.3. The molecule has 0 saturated heterocycles. The average Bonchev–Trinajstić information content (AvgIpc) is 2.26. The summed E-state index contributed by atoms with van der Waals surface area (Å²) in [7, 11) is 0. The first-order valence-electron chi connectivity index (χ1n) is 5.80. The summed E-state index contributed by atoms with van der Waals surface area (Å²) < 4.78 is 0.906. The maximum Gasteiger partial charge on any atom is 0.230 e. The fourth-order valence-corrected chi connectivity index (χ4v) is 2.87. The van der Waals surface area contributed by atoms with E-state index in [0.717, 1.165) is 14.9 Å². The minimum Gasteiger partial charge on any atom is -0.389 e. The lowest BCUT2D eigenvalue weighted by molar-refractivity contribution is -0.119. The van der Waals surface area contributed by atoms with Crippen LogP contribution in [0.2, 0.25) is 0 Å². The van der Waals surface area contributed by atoms with Crippen LogP contribution in [0.15, 0.2) is 27.6 Å². The van der Waals surface area contributed by atoms with E-state index in [1.54, 1.807) is 6.92 Å². The van der Waals surface area contributed by atoms with Crippen molar-refractivity contribution in [2.75, 3.05) is 5.75 Å². The van der Waals surface area contributed by atoms with Crippen molar-refractivity contribution in [1.82, 2.24) is 5.32 Å². The largest absolute Gasteiger partial charge is 0.389 e. The SMILES string of the molecule is CC(C)NC(=O)CSc1ccc([C@@H](C)O)cc1Br. The van der Waals surface area contributed by atoms with Crippen molar-refractivity contribution in [1.29, 1.82) is 0 Å². The molecule has 1 atom stereocenters. The van der Waals surface area contributed by atoms with E-state index in [2.05, 4.69) is 21.2 Å². The van der Waals surface area contributed by atoms with Gasteiger partial charge in [0.05, 0.1) is 11.9 Å². The zero-order valence-corrected chi connectivity index (χ0v) is 13.1. The summed E-state index contributed by atoms with van der Waals surface area (Å²) in [5.74, 6) is 0.423. The van der Waals surface area contributed by atoms with Gasteiger partial charge in [-0.2, -0.15) is 0 Å². The molecule has 1 aromatic carbocycles. The zero-order valence-electron chi connectivity index (χ0n) is 10.7. The molecule has 0 aliphatic carbocycles. The van der Waals surface area contributed by atoms with Gasteiger partial charge in [-0.3, -0.25) is 4.79 Å². The Morgan fingerprint density at radius 1 is 1.44 bits per heavy atom.